The molecular weight excluding hydrogens is 258 g/mol. The summed E-state index contributed by atoms with van der Waals surface area (Å²) in [5, 5.41) is 13.5. The van der Waals surface area contributed by atoms with Crippen molar-refractivity contribution in [1.82, 2.24) is 25.3 Å². The molecular formula is C13H17N5O2. The van der Waals surface area contributed by atoms with Gasteiger partial charge in [0.15, 0.2) is 0 Å². The molecule has 0 aliphatic carbocycles. The first-order valence-electron chi connectivity index (χ1n) is 6.39. The summed E-state index contributed by atoms with van der Waals surface area (Å²) in [5.74, 6) is -0.274. The predicted octanol–water partition coefficient (Wildman–Crippen LogP) is 0.174. The molecule has 0 spiro atoms. The third-order valence-corrected chi connectivity index (χ3v) is 3.04. The Balaban J connectivity index is 1.82. The molecule has 0 aliphatic heterocycles. The lowest BCUT2D eigenvalue weighted by Gasteiger charge is -2.05. The van der Waals surface area contributed by atoms with Crippen LogP contribution in [0.25, 0.3) is 0 Å². The van der Waals surface area contributed by atoms with Crippen LogP contribution < -0.4 is 10.9 Å². The van der Waals surface area contributed by atoms with Crippen LogP contribution in [0.4, 0.5) is 0 Å². The summed E-state index contributed by atoms with van der Waals surface area (Å²) in [4.78, 5) is 23.0. The van der Waals surface area contributed by atoms with Gasteiger partial charge in [0.05, 0.1) is 6.20 Å². The highest BCUT2D eigenvalue weighted by molar-refractivity contribution is 5.91. The van der Waals surface area contributed by atoms with E-state index in [0.717, 1.165) is 28.8 Å². The molecule has 0 saturated heterocycles. The first kappa shape index (κ1) is 14.0. The number of H-pyrrole nitrogens is 1. The smallest absolute Gasteiger partial charge is 0.271 e. The molecule has 2 aromatic rings. The third-order valence-electron chi connectivity index (χ3n) is 3.04. The van der Waals surface area contributed by atoms with Crippen LogP contribution in [0.5, 0.6) is 0 Å². The topological polar surface area (TPSA) is 92.7 Å². The molecule has 2 rings (SSSR count). The summed E-state index contributed by atoms with van der Waals surface area (Å²) >= 11 is 0. The van der Waals surface area contributed by atoms with Crippen LogP contribution in [-0.2, 0) is 13.5 Å². The SMILES string of the molecule is Cc1[nH]ncc1CCCNC(=O)c1ccc(=O)n(C)n1. The molecule has 2 aromatic heterocycles. The molecule has 0 radical (unpaired) electrons. The zero-order chi connectivity index (χ0) is 14.5. The monoisotopic (exact) mass is 275 g/mol. The van der Waals surface area contributed by atoms with Crippen molar-refractivity contribution in [1.29, 1.82) is 0 Å². The van der Waals surface area contributed by atoms with Crippen molar-refractivity contribution in [3.05, 3.63) is 45.6 Å². The normalized spacial score (nSPS) is 10.5. The number of hydrogen-bond donors (Lipinski definition) is 2. The number of aromatic amines is 1. The van der Waals surface area contributed by atoms with E-state index in [9.17, 15) is 9.59 Å². The Kier molecular flexibility index (Phi) is 4.29. The Hall–Kier alpha value is -2.44. The molecule has 0 fully saturated rings. The van der Waals surface area contributed by atoms with Crippen LogP contribution in [-0.4, -0.2) is 32.4 Å². The minimum Gasteiger partial charge on any atom is -0.351 e. The lowest BCUT2D eigenvalue weighted by atomic mass is 10.1. The highest BCUT2D eigenvalue weighted by Gasteiger charge is 2.08. The minimum atomic E-state index is -0.274. The quantitative estimate of drug-likeness (QED) is 0.761. The van der Waals surface area contributed by atoms with Crippen LogP contribution in [0.2, 0.25) is 0 Å². The molecule has 0 bridgehead atoms. The summed E-state index contributed by atoms with van der Waals surface area (Å²) in [6, 6.07) is 2.76. The van der Waals surface area contributed by atoms with Crippen LogP contribution in [0, 0.1) is 6.92 Å². The molecule has 7 heteroatoms. The maximum Gasteiger partial charge on any atom is 0.271 e. The highest BCUT2D eigenvalue weighted by Crippen LogP contribution is 2.05. The van der Waals surface area contributed by atoms with Crippen molar-refractivity contribution in [2.24, 2.45) is 7.05 Å². The first-order valence-corrected chi connectivity index (χ1v) is 6.39. The number of nitrogens with zero attached hydrogens (tertiary/aromatic N) is 3. The van der Waals surface area contributed by atoms with Gasteiger partial charge in [-0.25, -0.2) is 4.68 Å². The summed E-state index contributed by atoms with van der Waals surface area (Å²) in [5.41, 5.74) is 2.21. The Morgan fingerprint density at radius 1 is 1.45 bits per heavy atom. The first-order chi connectivity index (χ1) is 9.58. The fourth-order valence-electron chi connectivity index (χ4n) is 1.82. The van der Waals surface area contributed by atoms with Crippen LogP contribution >= 0.6 is 0 Å². The van der Waals surface area contributed by atoms with E-state index in [1.807, 2.05) is 6.92 Å². The molecule has 106 valence electrons. The molecule has 2 N–H and O–H groups in total. The van der Waals surface area contributed by atoms with Gasteiger partial charge in [0.1, 0.15) is 5.69 Å². The van der Waals surface area contributed by atoms with Crippen molar-refractivity contribution in [3.63, 3.8) is 0 Å². The molecule has 0 saturated carbocycles. The second-order valence-corrected chi connectivity index (χ2v) is 4.56. The number of hydrogen-bond acceptors (Lipinski definition) is 4. The molecule has 1 amide bonds. The molecule has 0 unspecified atom stereocenters. The summed E-state index contributed by atoms with van der Waals surface area (Å²) < 4.78 is 1.14. The van der Waals surface area contributed by atoms with E-state index in [2.05, 4.69) is 20.6 Å². The van der Waals surface area contributed by atoms with Gasteiger partial charge in [-0.15, -0.1) is 0 Å². The Morgan fingerprint density at radius 2 is 2.25 bits per heavy atom. The number of carbonyl (C=O) groups excluding carboxylic acids is 1. The van der Waals surface area contributed by atoms with Crippen molar-refractivity contribution in [2.45, 2.75) is 19.8 Å². The van der Waals surface area contributed by atoms with Crippen molar-refractivity contribution >= 4 is 5.91 Å². The Labute approximate surface area is 116 Å². The zero-order valence-corrected chi connectivity index (χ0v) is 11.5. The van der Waals surface area contributed by atoms with Gasteiger partial charge in [-0.2, -0.15) is 10.2 Å². The van der Waals surface area contributed by atoms with Gasteiger partial charge in [0.25, 0.3) is 11.5 Å². The summed E-state index contributed by atoms with van der Waals surface area (Å²) in [7, 11) is 1.51. The van der Waals surface area contributed by atoms with Gasteiger partial charge < -0.3 is 5.32 Å². The van der Waals surface area contributed by atoms with Gasteiger partial charge >= 0.3 is 0 Å². The van der Waals surface area contributed by atoms with Crippen molar-refractivity contribution in [2.75, 3.05) is 6.54 Å². The maximum absolute atomic E-state index is 11.8. The zero-order valence-electron chi connectivity index (χ0n) is 11.5. The Bertz CT molecular complexity index is 659. The highest BCUT2D eigenvalue weighted by atomic mass is 16.2. The summed E-state index contributed by atoms with van der Waals surface area (Å²) in [6.07, 6.45) is 3.47. The van der Waals surface area contributed by atoms with E-state index < -0.39 is 0 Å². The van der Waals surface area contributed by atoms with E-state index in [0.29, 0.717) is 6.54 Å². The van der Waals surface area contributed by atoms with Gasteiger partial charge in [-0.3, -0.25) is 14.7 Å². The van der Waals surface area contributed by atoms with Crippen LogP contribution in [0.3, 0.4) is 0 Å². The number of nitrogens with one attached hydrogen (secondary N) is 2. The fraction of sp³-hybridized carbons (Fsp3) is 0.385. The molecule has 7 nitrogen and oxygen atoms in total. The second kappa shape index (κ2) is 6.14. The minimum absolute atomic E-state index is 0.239. The average Bonchev–Trinajstić information content (AvgIpc) is 2.83. The van der Waals surface area contributed by atoms with Gasteiger partial charge in [0, 0.05) is 25.4 Å². The number of carbonyl (C=O) groups is 1. The van der Waals surface area contributed by atoms with Gasteiger partial charge in [-0.1, -0.05) is 0 Å². The van der Waals surface area contributed by atoms with E-state index in [-0.39, 0.29) is 17.2 Å². The molecule has 20 heavy (non-hydrogen) atoms. The van der Waals surface area contributed by atoms with E-state index >= 15 is 0 Å². The van der Waals surface area contributed by atoms with Crippen molar-refractivity contribution in [3.8, 4) is 0 Å². The number of aromatic nitrogens is 4. The third kappa shape index (κ3) is 3.31. The number of aryl methyl sites for hydroxylation is 3. The van der Waals surface area contributed by atoms with Gasteiger partial charge in [0.2, 0.25) is 0 Å². The van der Waals surface area contributed by atoms with Crippen LogP contribution in [0.1, 0.15) is 28.2 Å². The predicted molar refractivity (Wildman–Crippen MR) is 73.5 cm³/mol. The second-order valence-electron chi connectivity index (χ2n) is 4.56. The fourth-order valence-corrected chi connectivity index (χ4v) is 1.82. The van der Waals surface area contributed by atoms with Gasteiger partial charge in [-0.05, 0) is 31.4 Å². The summed E-state index contributed by atoms with van der Waals surface area (Å²) in [6.45, 7) is 2.52. The molecule has 0 atom stereocenters. The molecule has 2 heterocycles. The standard InChI is InChI=1S/C13H17N5O2/c1-9-10(8-15-16-9)4-3-7-14-13(20)11-5-6-12(19)18(2)17-11/h5-6,8H,3-4,7H2,1-2H3,(H,14,20)(H,15,16). The maximum atomic E-state index is 11.8. The lowest BCUT2D eigenvalue weighted by molar-refractivity contribution is 0.0946. The van der Waals surface area contributed by atoms with Crippen LogP contribution in [0.15, 0.2) is 23.1 Å². The largest absolute Gasteiger partial charge is 0.351 e. The number of rotatable bonds is 5. The number of amides is 1. The average molecular weight is 275 g/mol. The van der Waals surface area contributed by atoms with E-state index in [1.165, 1.54) is 19.2 Å². The van der Waals surface area contributed by atoms with E-state index in [1.54, 1.807) is 6.20 Å². The van der Waals surface area contributed by atoms with E-state index in [4.69, 9.17) is 0 Å². The molecule has 0 aliphatic rings. The lowest BCUT2D eigenvalue weighted by Crippen LogP contribution is -2.29. The van der Waals surface area contributed by atoms with Crippen molar-refractivity contribution < 1.29 is 4.79 Å². The Morgan fingerprint density at radius 3 is 2.90 bits per heavy atom. The molecule has 0 aromatic carbocycles.